The van der Waals surface area contributed by atoms with Crippen LogP contribution in [0.5, 0.6) is 5.75 Å². The first-order valence-corrected chi connectivity index (χ1v) is 17.5. The molecule has 0 fully saturated rings. The first-order valence-electron chi connectivity index (χ1n) is 16.4. The summed E-state index contributed by atoms with van der Waals surface area (Å²) in [5, 5.41) is 29.5. The molecule has 0 unspecified atom stereocenters. The number of hydrogen-bond acceptors (Lipinski definition) is 8. The molecule has 0 saturated carbocycles. The molecule has 52 heavy (non-hydrogen) atoms. The van der Waals surface area contributed by atoms with Gasteiger partial charge in [0.15, 0.2) is 0 Å². The third kappa shape index (κ3) is 8.27. The number of carbonyl (C=O) groups is 2. The average molecular weight is 762 g/mol. The third-order valence-corrected chi connectivity index (χ3v) is 9.07. The summed E-state index contributed by atoms with van der Waals surface area (Å²) >= 11 is 3.33. The number of aliphatic hydroxyl groups excluding tert-OH is 1. The van der Waals surface area contributed by atoms with E-state index >= 15 is 0 Å². The van der Waals surface area contributed by atoms with Crippen LogP contribution in [0.15, 0.2) is 97.3 Å². The van der Waals surface area contributed by atoms with Gasteiger partial charge in [-0.25, -0.2) is 4.79 Å². The summed E-state index contributed by atoms with van der Waals surface area (Å²) in [4.78, 5) is 26.1. The maximum atomic E-state index is 12.7. The average Bonchev–Trinajstić information content (AvgIpc) is 3.86. The number of ether oxygens (including phenoxy) is 2. The highest BCUT2D eigenvalue weighted by Crippen LogP contribution is 2.31. The highest BCUT2D eigenvalue weighted by molar-refractivity contribution is 9.08. The van der Waals surface area contributed by atoms with E-state index in [1.165, 1.54) is 0 Å². The molecule has 11 nitrogen and oxygen atoms in total. The fourth-order valence-corrected chi connectivity index (χ4v) is 6.31. The molecule has 3 N–H and O–H groups in total. The molecule has 2 aromatic heterocycles. The van der Waals surface area contributed by atoms with E-state index in [2.05, 4.69) is 28.1 Å². The van der Waals surface area contributed by atoms with Crippen LogP contribution in [0, 0.1) is 22.7 Å². The number of alkyl halides is 1. The Bertz CT molecular complexity index is 2320. The zero-order chi connectivity index (χ0) is 37.2. The van der Waals surface area contributed by atoms with Crippen molar-refractivity contribution in [3.05, 3.63) is 125 Å². The van der Waals surface area contributed by atoms with Crippen molar-refractivity contribution in [3.8, 4) is 17.9 Å². The van der Waals surface area contributed by atoms with Crippen molar-refractivity contribution >= 4 is 61.0 Å². The van der Waals surface area contributed by atoms with E-state index in [1.54, 1.807) is 31.1 Å². The van der Waals surface area contributed by atoms with E-state index in [9.17, 15) is 14.7 Å². The predicted octanol–water partition coefficient (Wildman–Crippen LogP) is 7.33. The van der Waals surface area contributed by atoms with Crippen molar-refractivity contribution in [2.24, 2.45) is 0 Å². The molecular formula is C40H37BrN6O5. The van der Waals surface area contributed by atoms with Gasteiger partial charge < -0.3 is 34.3 Å². The fraction of sp³-hybridized carbons (Fsp3) is 0.200. The number of nitriles is 2. The summed E-state index contributed by atoms with van der Waals surface area (Å²) < 4.78 is 13.8. The maximum absolute atomic E-state index is 12.7. The topological polar surface area (TPSA) is 160 Å². The zero-order valence-corrected chi connectivity index (χ0v) is 30.3. The van der Waals surface area contributed by atoms with Crippen molar-refractivity contribution < 1.29 is 24.2 Å². The lowest BCUT2D eigenvalue weighted by Crippen LogP contribution is -2.22. The third-order valence-electron chi connectivity index (χ3n) is 8.47. The summed E-state index contributed by atoms with van der Waals surface area (Å²) in [6.45, 7) is 3.25. The van der Waals surface area contributed by atoms with Gasteiger partial charge in [0.25, 0.3) is 5.91 Å². The summed E-state index contributed by atoms with van der Waals surface area (Å²) in [5.74, 6) is 0.284. The zero-order valence-electron chi connectivity index (χ0n) is 28.8. The number of anilines is 2. The number of fused-ring (bicyclic) bond motifs is 3. The highest BCUT2D eigenvalue weighted by Gasteiger charge is 2.29. The van der Waals surface area contributed by atoms with Crippen LogP contribution in [0.4, 0.5) is 11.4 Å². The summed E-state index contributed by atoms with van der Waals surface area (Å²) in [5.41, 5.74) is 12.9. The molecule has 264 valence electrons. The number of nitrogens with two attached hydrogens (primary N) is 1. The lowest BCUT2D eigenvalue weighted by molar-refractivity contribution is 0.0525. The molecule has 12 heteroatoms. The van der Waals surface area contributed by atoms with Crippen molar-refractivity contribution in [1.29, 1.82) is 10.5 Å². The SMILES string of the molecule is CCOC(=O)c1cc(OC)ccc1CBr.N#CCn1ccc2ccc(N)cc21.N#CCn1ccc2ccc(N3Cc4ccc(CO)cc4C3=O)cc21. The number of hydrogen-bond donors (Lipinski definition) is 2. The molecule has 0 saturated heterocycles. The van der Waals surface area contributed by atoms with Gasteiger partial charge in [-0.2, -0.15) is 10.5 Å². The Labute approximate surface area is 309 Å². The van der Waals surface area contributed by atoms with Crippen molar-refractivity contribution in [2.75, 3.05) is 24.4 Å². The van der Waals surface area contributed by atoms with Gasteiger partial charge in [-0.15, -0.1) is 0 Å². The van der Waals surface area contributed by atoms with E-state index in [0.717, 1.165) is 49.9 Å². The Balaban J connectivity index is 0.000000161. The van der Waals surface area contributed by atoms with Crippen LogP contribution >= 0.6 is 15.9 Å². The van der Waals surface area contributed by atoms with E-state index in [-0.39, 0.29) is 25.0 Å². The number of aliphatic hydroxyl groups is 1. The molecule has 0 bridgehead atoms. The number of nitrogens with zero attached hydrogens (tertiary/aromatic N) is 5. The molecular weight excluding hydrogens is 724 g/mol. The molecule has 1 aliphatic heterocycles. The van der Waals surface area contributed by atoms with Crippen molar-refractivity contribution in [2.45, 2.75) is 38.5 Å². The summed E-state index contributed by atoms with van der Waals surface area (Å²) in [6, 6.07) is 30.6. The van der Waals surface area contributed by atoms with Gasteiger partial charge >= 0.3 is 5.97 Å². The molecule has 1 aliphatic rings. The number of benzene rings is 4. The van der Waals surface area contributed by atoms with Gasteiger partial charge in [-0.3, -0.25) is 4.79 Å². The molecule has 6 aromatic rings. The second kappa shape index (κ2) is 17.2. The first-order chi connectivity index (χ1) is 25.2. The number of carbonyl (C=O) groups excluding carboxylic acids is 2. The Morgan fingerprint density at radius 3 is 2.19 bits per heavy atom. The number of nitrogen functional groups attached to an aromatic ring is 1. The van der Waals surface area contributed by atoms with E-state index in [1.807, 2.05) is 94.3 Å². The molecule has 1 amide bonds. The molecule has 0 aliphatic carbocycles. The standard InChI is InChI=1S/C19H15N3O2.C11H13BrO3.C10H9N3/c20-6-8-21-7-5-14-3-4-16(10-18(14)21)22-11-15-2-1-13(12-23)9-17(15)19(22)24;1-3-15-11(13)10-6-9(14-2)5-4-8(10)7-12;11-4-6-13-5-3-8-1-2-9(12)7-10(8)13/h1-5,7,9-10,23H,8,11-12H2;4-6H,3,7H2,1-2H3;1-3,5,7H,6,12H2. The van der Waals surface area contributed by atoms with Crippen LogP contribution in [0.3, 0.4) is 0 Å². The van der Waals surface area contributed by atoms with Gasteiger partial charge in [0.05, 0.1) is 55.6 Å². The number of rotatable bonds is 8. The Kier molecular flexibility index (Phi) is 12.3. The lowest BCUT2D eigenvalue weighted by atomic mass is 10.1. The van der Waals surface area contributed by atoms with Crippen LogP contribution < -0.4 is 15.4 Å². The summed E-state index contributed by atoms with van der Waals surface area (Å²) in [7, 11) is 1.57. The van der Waals surface area contributed by atoms with E-state index < -0.39 is 0 Å². The number of aromatic nitrogens is 2. The minimum Gasteiger partial charge on any atom is -0.497 e. The Morgan fingerprint density at radius 1 is 0.904 bits per heavy atom. The van der Waals surface area contributed by atoms with Gasteiger partial charge in [-0.1, -0.05) is 46.3 Å². The summed E-state index contributed by atoms with van der Waals surface area (Å²) in [6.07, 6.45) is 3.78. The quantitative estimate of drug-likeness (QED) is 0.0927. The highest BCUT2D eigenvalue weighted by atomic mass is 79.9. The van der Waals surface area contributed by atoms with Crippen LogP contribution in [0.1, 0.15) is 44.3 Å². The van der Waals surface area contributed by atoms with Crippen LogP contribution in [-0.2, 0) is 36.3 Å². The van der Waals surface area contributed by atoms with E-state index in [0.29, 0.717) is 41.9 Å². The maximum Gasteiger partial charge on any atom is 0.338 e. The van der Waals surface area contributed by atoms with Gasteiger partial charge in [0.2, 0.25) is 0 Å². The van der Waals surface area contributed by atoms with Crippen LogP contribution in [0.25, 0.3) is 21.8 Å². The van der Waals surface area contributed by atoms with Gasteiger partial charge in [0.1, 0.15) is 18.8 Å². The normalized spacial score (nSPS) is 11.5. The molecule has 0 atom stereocenters. The van der Waals surface area contributed by atoms with Gasteiger partial charge in [0, 0.05) is 34.7 Å². The monoisotopic (exact) mass is 760 g/mol. The second-order valence-corrected chi connectivity index (χ2v) is 12.2. The molecule has 0 spiro atoms. The fourth-order valence-electron chi connectivity index (χ4n) is 5.82. The number of methoxy groups -OCH3 is 1. The van der Waals surface area contributed by atoms with E-state index in [4.69, 9.17) is 25.7 Å². The second-order valence-electron chi connectivity index (χ2n) is 11.7. The first kappa shape index (κ1) is 37.2. The smallest absolute Gasteiger partial charge is 0.338 e. The molecule has 3 heterocycles. The Hall–Kier alpha value is -6.08. The minimum atomic E-state index is -0.314. The minimum absolute atomic E-state index is 0.0574. The van der Waals surface area contributed by atoms with Gasteiger partial charge in [-0.05, 0) is 89.0 Å². The lowest BCUT2D eigenvalue weighted by Gasteiger charge is -2.16. The Morgan fingerprint density at radius 2 is 1.58 bits per heavy atom. The van der Waals surface area contributed by atoms with Crippen LogP contribution in [-0.4, -0.2) is 39.8 Å². The van der Waals surface area contributed by atoms with Crippen molar-refractivity contribution in [3.63, 3.8) is 0 Å². The molecule has 7 rings (SSSR count). The molecule has 4 aromatic carbocycles. The largest absolute Gasteiger partial charge is 0.497 e. The van der Waals surface area contributed by atoms with Crippen LogP contribution in [0.2, 0.25) is 0 Å². The number of halogens is 1. The van der Waals surface area contributed by atoms with Crippen molar-refractivity contribution in [1.82, 2.24) is 9.13 Å². The number of amides is 1. The number of esters is 1. The molecule has 0 radical (unpaired) electrons. The predicted molar refractivity (Wildman–Crippen MR) is 204 cm³/mol.